The molecule has 18 heavy (non-hydrogen) atoms. The number of hydrogen-bond acceptors (Lipinski definition) is 3. The largest absolute Gasteiger partial charge is 0.356 e. The maximum Gasteiger partial charge on any atom is 0.239 e. The Kier molecular flexibility index (Phi) is 3.82. The van der Waals surface area contributed by atoms with Crippen molar-refractivity contribution in [3.63, 3.8) is 0 Å². The Morgan fingerprint density at radius 3 is 2.89 bits per heavy atom. The molecular formula is C13H13BrNO3. The van der Waals surface area contributed by atoms with Crippen molar-refractivity contribution >= 4 is 33.3 Å². The average Bonchev–Trinajstić information content (AvgIpc) is 2.36. The van der Waals surface area contributed by atoms with Gasteiger partial charge < -0.3 is 4.74 Å². The Morgan fingerprint density at radius 2 is 2.22 bits per heavy atom. The second-order valence-corrected chi connectivity index (χ2v) is 5.12. The number of rotatable bonds is 2. The van der Waals surface area contributed by atoms with Crippen LogP contribution in [0.25, 0.3) is 0 Å². The van der Waals surface area contributed by atoms with Gasteiger partial charge in [0.1, 0.15) is 12.5 Å². The van der Waals surface area contributed by atoms with Crippen LogP contribution in [0.15, 0.2) is 22.7 Å². The third-order valence-corrected chi connectivity index (χ3v) is 3.43. The van der Waals surface area contributed by atoms with Crippen LogP contribution in [0.3, 0.4) is 0 Å². The van der Waals surface area contributed by atoms with E-state index in [0.29, 0.717) is 6.61 Å². The molecule has 0 saturated heterocycles. The molecule has 1 heterocycles. The third kappa shape index (κ3) is 2.47. The number of ketones is 1. The SMILES string of the molecule is [CH2]C(=O)C(C)C(=O)N1COCc2ccc(Br)cc21. The van der Waals surface area contributed by atoms with E-state index in [-0.39, 0.29) is 18.4 Å². The molecular weight excluding hydrogens is 298 g/mol. The van der Waals surface area contributed by atoms with Crippen LogP contribution >= 0.6 is 15.9 Å². The predicted octanol–water partition coefficient (Wildman–Crippen LogP) is 2.31. The van der Waals surface area contributed by atoms with E-state index >= 15 is 0 Å². The fourth-order valence-electron chi connectivity index (χ4n) is 1.78. The van der Waals surface area contributed by atoms with Crippen LogP contribution in [0.5, 0.6) is 0 Å². The number of nitrogens with zero attached hydrogens (tertiary/aromatic N) is 1. The maximum absolute atomic E-state index is 12.2. The number of fused-ring (bicyclic) bond motifs is 1. The Balaban J connectivity index is 2.35. The lowest BCUT2D eigenvalue weighted by Gasteiger charge is -2.31. The van der Waals surface area contributed by atoms with E-state index in [1.807, 2.05) is 18.2 Å². The van der Waals surface area contributed by atoms with Gasteiger partial charge in [-0.05, 0) is 19.1 Å². The summed E-state index contributed by atoms with van der Waals surface area (Å²) in [5.41, 5.74) is 1.72. The first-order valence-corrected chi connectivity index (χ1v) is 6.33. The lowest BCUT2D eigenvalue weighted by atomic mass is 10.0. The van der Waals surface area contributed by atoms with Crippen LogP contribution in [0, 0.1) is 12.8 Å². The second kappa shape index (κ2) is 5.20. The molecule has 95 valence electrons. The van der Waals surface area contributed by atoms with Gasteiger partial charge in [-0.1, -0.05) is 22.0 Å². The van der Waals surface area contributed by atoms with Crippen LogP contribution in [-0.4, -0.2) is 18.4 Å². The summed E-state index contributed by atoms with van der Waals surface area (Å²) in [6, 6.07) is 5.65. The third-order valence-electron chi connectivity index (χ3n) is 2.94. The van der Waals surface area contributed by atoms with E-state index in [0.717, 1.165) is 15.7 Å². The Hall–Kier alpha value is -1.20. The molecule has 0 aliphatic carbocycles. The molecule has 1 aliphatic heterocycles. The van der Waals surface area contributed by atoms with Crippen LogP contribution < -0.4 is 4.90 Å². The Labute approximate surface area is 114 Å². The van der Waals surface area contributed by atoms with E-state index in [4.69, 9.17) is 4.74 Å². The van der Waals surface area contributed by atoms with Gasteiger partial charge in [0, 0.05) is 17.0 Å². The summed E-state index contributed by atoms with van der Waals surface area (Å²) in [5.74, 6) is -1.42. The number of Topliss-reactive ketones (excluding diaryl/α,β-unsaturated/α-hetero) is 1. The smallest absolute Gasteiger partial charge is 0.239 e. The fourth-order valence-corrected chi connectivity index (χ4v) is 2.13. The number of hydrogen-bond donors (Lipinski definition) is 0. The molecule has 1 aliphatic rings. The summed E-state index contributed by atoms with van der Waals surface area (Å²) >= 11 is 3.37. The number of benzene rings is 1. The monoisotopic (exact) mass is 310 g/mol. The topological polar surface area (TPSA) is 46.6 Å². The average molecular weight is 311 g/mol. The standard InChI is InChI=1S/C13H13BrNO3/c1-8(9(2)16)13(17)15-7-18-6-10-3-4-11(14)5-12(10)15/h3-5,8H,2,6-7H2,1H3. The van der Waals surface area contributed by atoms with Crippen molar-refractivity contribution in [3.8, 4) is 0 Å². The highest BCUT2D eigenvalue weighted by Gasteiger charge is 2.29. The van der Waals surface area contributed by atoms with Crippen molar-refractivity contribution < 1.29 is 14.3 Å². The Bertz CT molecular complexity index is 501. The molecule has 0 bridgehead atoms. The highest BCUT2D eigenvalue weighted by atomic mass is 79.9. The van der Waals surface area contributed by atoms with Gasteiger partial charge in [0.25, 0.3) is 0 Å². The number of anilines is 1. The van der Waals surface area contributed by atoms with Crippen molar-refractivity contribution in [2.24, 2.45) is 5.92 Å². The summed E-state index contributed by atoms with van der Waals surface area (Å²) in [7, 11) is 0. The summed E-state index contributed by atoms with van der Waals surface area (Å²) in [6.07, 6.45) is 0. The van der Waals surface area contributed by atoms with Crippen molar-refractivity contribution in [3.05, 3.63) is 35.2 Å². The molecule has 0 saturated carbocycles. The Morgan fingerprint density at radius 1 is 1.50 bits per heavy atom. The van der Waals surface area contributed by atoms with Crippen molar-refractivity contribution in [2.75, 3.05) is 11.6 Å². The molecule has 1 aromatic carbocycles. The highest BCUT2D eigenvalue weighted by molar-refractivity contribution is 9.10. The molecule has 1 radical (unpaired) electrons. The minimum atomic E-state index is -0.751. The number of ether oxygens (including phenoxy) is 1. The number of halogens is 1. The van der Waals surface area contributed by atoms with E-state index in [1.165, 1.54) is 4.90 Å². The van der Waals surface area contributed by atoms with E-state index in [1.54, 1.807) is 6.92 Å². The highest BCUT2D eigenvalue weighted by Crippen LogP contribution is 2.30. The predicted molar refractivity (Wildman–Crippen MR) is 70.8 cm³/mol. The zero-order chi connectivity index (χ0) is 13.3. The minimum Gasteiger partial charge on any atom is -0.356 e. The second-order valence-electron chi connectivity index (χ2n) is 4.20. The molecule has 4 nitrogen and oxygen atoms in total. The van der Waals surface area contributed by atoms with Gasteiger partial charge in [-0.15, -0.1) is 0 Å². The number of amides is 1. The minimum absolute atomic E-state index is 0.167. The summed E-state index contributed by atoms with van der Waals surface area (Å²) in [4.78, 5) is 24.9. The quantitative estimate of drug-likeness (QED) is 0.788. The van der Waals surface area contributed by atoms with Crippen molar-refractivity contribution in [1.29, 1.82) is 0 Å². The van der Waals surface area contributed by atoms with Crippen LogP contribution in [0.2, 0.25) is 0 Å². The van der Waals surface area contributed by atoms with Gasteiger partial charge in [-0.3, -0.25) is 14.5 Å². The fraction of sp³-hybridized carbons (Fsp3) is 0.308. The normalized spacial score (nSPS) is 16.1. The van der Waals surface area contributed by atoms with Crippen LogP contribution in [0.1, 0.15) is 12.5 Å². The van der Waals surface area contributed by atoms with Gasteiger partial charge in [0.2, 0.25) is 5.91 Å². The van der Waals surface area contributed by atoms with E-state index in [2.05, 4.69) is 22.9 Å². The summed E-state index contributed by atoms with van der Waals surface area (Å²) in [5, 5.41) is 0. The van der Waals surface area contributed by atoms with Gasteiger partial charge in [-0.25, -0.2) is 0 Å². The maximum atomic E-state index is 12.2. The van der Waals surface area contributed by atoms with E-state index in [9.17, 15) is 9.59 Å². The zero-order valence-electron chi connectivity index (χ0n) is 9.98. The molecule has 0 aromatic heterocycles. The zero-order valence-corrected chi connectivity index (χ0v) is 11.6. The molecule has 5 heteroatoms. The van der Waals surface area contributed by atoms with Crippen molar-refractivity contribution in [2.45, 2.75) is 13.5 Å². The number of carbonyl (C=O) groups is 2. The van der Waals surface area contributed by atoms with E-state index < -0.39 is 5.92 Å². The molecule has 0 spiro atoms. The molecule has 1 amide bonds. The molecule has 1 aromatic rings. The first-order valence-electron chi connectivity index (χ1n) is 5.54. The first-order chi connectivity index (χ1) is 8.50. The van der Waals surface area contributed by atoms with Gasteiger partial charge >= 0.3 is 0 Å². The summed E-state index contributed by atoms with van der Waals surface area (Å²) < 4.78 is 6.24. The first kappa shape index (κ1) is 13.2. The van der Waals surface area contributed by atoms with Gasteiger partial charge in [0.05, 0.1) is 18.2 Å². The van der Waals surface area contributed by atoms with Crippen LogP contribution in [-0.2, 0) is 20.9 Å². The van der Waals surface area contributed by atoms with Crippen LogP contribution in [0.4, 0.5) is 5.69 Å². The molecule has 0 fully saturated rings. The van der Waals surface area contributed by atoms with Gasteiger partial charge in [-0.2, -0.15) is 0 Å². The molecule has 0 N–H and O–H groups in total. The summed E-state index contributed by atoms with van der Waals surface area (Å²) in [6.45, 7) is 5.49. The molecule has 2 rings (SSSR count). The molecule has 1 atom stereocenters. The lowest BCUT2D eigenvalue weighted by molar-refractivity contribution is -0.130. The van der Waals surface area contributed by atoms with Crippen molar-refractivity contribution in [1.82, 2.24) is 0 Å². The molecule has 1 unspecified atom stereocenters. The van der Waals surface area contributed by atoms with Gasteiger partial charge in [0.15, 0.2) is 0 Å². The lowest BCUT2D eigenvalue weighted by Crippen LogP contribution is -2.41. The number of carbonyl (C=O) groups excluding carboxylic acids is 2.